The normalized spacial score (nSPS) is 19.3. The number of esters is 1. The molecule has 0 radical (unpaired) electrons. The first-order chi connectivity index (χ1) is 10.2. The van der Waals surface area contributed by atoms with E-state index in [1.54, 1.807) is 0 Å². The Morgan fingerprint density at radius 2 is 1.95 bits per heavy atom. The minimum absolute atomic E-state index is 0.499. The van der Waals surface area contributed by atoms with Gasteiger partial charge in [0.2, 0.25) is 0 Å². The van der Waals surface area contributed by atoms with Gasteiger partial charge in [-0.2, -0.15) is 0 Å². The number of aliphatic hydroxyl groups is 1. The molecule has 2 N–H and O–H groups in total. The summed E-state index contributed by atoms with van der Waals surface area (Å²) >= 11 is 0. The first kappa shape index (κ1) is 15.5. The highest BCUT2D eigenvalue weighted by Gasteiger charge is 2.37. The van der Waals surface area contributed by atoms with Crippen LogP contribution in [0.3, 0.4) is 0 Å². The van der Waals surface area contributed by atoms with Crippen molar-refractivity contribution in [2.75, 3.05) is 14.2 Å². The van der Waals surface area contributed by atoms with Crippen LogP contribution in [0.1, 0.15) is 5.56 Å². The third-order valence-corrected chi connectivity index (χ3v) is 3.22. The van der Waals surface area contributed by atoms with Crippen molar-refractivity contribution in [3.05, 3.63) is 47.7 Å². The van der Waals surface area contributed by atoms with Crippen LogP contribution in [0, 0.1) is 0 Å². The predicted molar refractivity (Wildman–Crippen MR) is 75.1 cm³/mol. The minimum Gasteiger partial charge on any atom is -0.450 e. The second kappa shape index (κ2) is 7.21. The van der Waals surface area contributed by atoms with Gasteiger partial charge in [-0.1, -0.05) is 30.3 Å². The maximum atomic E-state index is 11.4. The Morgan fingerprint density at radius 1 is 1.29 bits per heavy atom. The molecule has 0 saturated carbocycles. The van der Waals surface area contributed by atoms with Crippen molar-refractivity contribution < 1.29 is 24.1 Å². The number of hydrogen-bond acceptors (Lipinski definition) is 6. The molecule has 0 spiro atoms. The maximum absolute atomic E-state index is 11.4. The van der Waals surface area contributed by atoms with Gasteiger partial charge < -0.3 is 24.6 Å². The van der Waals surface area contributed by atoms with Crippen LogP contribution in [0.5, 0.6) is 0 Å². The molecule has 0 aromatic heterocycles. The number of carbonyl (C=O) groups is 1. The molecule has 6 nitrogen and oxygen atoms in total. The Balaban J connectivity index is 2.02. The van der Waals surface area contributed by atoms with E-state index in [1.165, 1.54) is 20.3 Å². The molecule has 0 fully saturated rings. The molecular formula is C15H19NO5. The van der Waals surface area contributed by atoms with Gasteiger partial charge in [0.05, 0.1) is 5.70 Å². The van der Waals surface area contributed by atoms with Crippen LogP contribution in [0.25, 0.3) is 0 Å². The molecule has 2 atom stereocenters. The molecule has 114 valence electrons. The molecule has 1 heterocycles. The number of methoxy groups -OCH3 is 2. The maximum Gasteiger partial charge on any atom is 0.333 e. The summed E-state index contributed by atoms with van der Waals surface area (Å²) in [6.07, 6.45) is -1.48. The molecule has 1 aromatic rings. The number of ether oxygens (including phenoxy) is 3. The molecule has 1 aromatic carbocycles. The highest BCUT2D eigenvalue weighted by atomic mass is 16.7. The van der Waals surface area contributed by atoms with E-state index >= 15 is 0 Å². The predicted octanol–water partition coefficient (Wildman–Crippen LogP) is 0.565. The zero-order chi connectivity index (χ0) is 15.2. The number of cyclic esters (lactones) is 1. The largest absolute Gasteiger partial charge is 0.450 e. The summed E-state index contributed by atoms with van der Waals surface area (Å²) in [6.45, 7) is 0.525. The SMILES string of the molecule is COC(OC)C(O)C1OC(=O)C=C1NCc1ccccc1. The van der Waals surface area contributed by atoms with Gasteiger partial charge in [0, 0.05) is 26.8 Å². The molecule has 1 aliphatic heterocycles. The fourth-order valence-electron chi connectivity index (χ4n) is 2.15. The third kappa shape index (κ3) is 3.81. The van der Waals surface area contributed by atoms with E-state index in [1.807, 2.05) is 30.3 Å². The van der Waals surface area contributed by atoms with Crippen molar-refractivity contribution in [3.63, 3.8) is 0 Å². The average molecular weight is 293 g/mol. The lowest BCUT2D eigenvalue weighted by Gasteiger charge is -2.26. The summed E-state index contributed by atoms with van der Waals surface area (Å²) in [7, 11) is 2.82. The third-order valence-electron chi connectivity index (χ3n) is 3.22. The summed E-state index contributed by atoms with van der Waals surface area (Å²) in [4.78, 5) is 11.4. The molecule has 0 amide bonds. The van der Waals surface area contributed by atoms with Crippen molar-refractivity contribution >= 4 is 5.97 Å². The van der Waals surface area contributed by atoms with Crippen molar-refractivity contribution in [2.24, 2.45) is 0 Å². The van der Waals surface area contributed by atoms with Crippen molar-refractivity contribution in [1.29, 1.82) is 0 Å². The van der Waals surface area contributed by atoms with Gasteiger partial charge >= 0.3 is 5.97 Å². The van der Waals surface area contributed by atoms with Crippen molar-refractivity contribution in [2.45, 2.75) is 25.0 Å². The lowest BCUT2D eigenvalue weighted by Crippen LogP contribution is -2.43. The lowest BCUT2D eigenvalue weighted by molar-refractivity contribution is -0.192. The van der Waals surface area contributed by atoms with Gasteiger partial charge in [-0.25, -0.2) is 4.79 Å². The molecule has 6 heteroatoms. The smallest absolute Gasteiger partial charge is 0.333 e. The summed E-state index contributed by atoms with van der Waals surface area (Å²) in [6, 6.07) is 9.71. The molecule has 2 rings (SSSR count). The number of benzene rings is 1. The van der Waals surface area contributed by atoms with E-state index in [9.17, 15) is 9.90 Å². The summed E-state index contributed by atoms with van der Waals surface area (Å²) in [5.41, 5.74) is 1.57. The van der Waals surface area contributed by atoms with Crippen LogP contribution >= 0.6 is 0 Å². The van der Waals surface area contributed by atoms with Gasteiger partial charge in [-0.05, 0) is 5.56 Å². The topological polar surface area (TPSA) is 77.0 Å². The van der Waals surface area contributed by atoms with Gasteiger partial charge in [0.1, 0.15) is 6.10 Å². The Hall–Kier alpha value is -1.89. The van der Waals surface area contributed by atoms with Crippen LogP contribution < -0.4 is 5.32 Å². The number of nitrogens with one attached hydrogen (secondary N) is 1. The van der Waals surface area contributed by atoms with Gasteiger partial charge in [0.15, 0.2) is 12.4 Å². The minimum atomic E-state index is -1.11. The quantitative estimate of drug-likeness (QED) is 0.565. The van der Waals surface area contributed by atoms with Crippen LogP contribution in [0.4, 0.5) is 0 Å². The Kier molecular flexibility index (Phi) is 5.32. The average Bonchev–Trinajstić information content (AvgIpc) is 2.88. The zero-order valence-corrected chi connectivity index (χ0v) is 12.0. The van der Waals surface area contributed by atoms with Crippen LogP contribution in [0.2, 0.25) is 0 Å². The number of rotatable bonds is 7. The Labute approximate surface area is 123 Å². The summed E-state index contributed by atoms with van der Waals surface area (Å²) in [5, 5.41) is 13.3. The van der Waals surface area contributed by atoms with Gasteiger partial charge in [-0.3, -0.25) is 0 Å². The highest BCUT2D eigenvalue weighted by Crippen LogP contribution is 2.20. The van der Waals surface area contributed by atoms with Crippen molar-refractivity contribution in [1.82, 2.24) is 5.32 Å². The summed E-state index contributed by atoms with van der Waals surface area (Å²) in [5.74, 6) is -0.499. The van der Waals surface area contributed by atoms with E-state index in [-0.39, 0.29) is 0 Å². The van der Waals surface area contributed by atoms with Crippen LogP contribution in [-0.2, 0) is 25.5 Å². The molecule has 0 aliphatic carbocycles. The molecule has 2 unspecified atom stereocenters. The van der Waals surface area contributed by atoms with Crippen LogP contribution in [-0.4, -0.2) is 43.8 Å². The second-order valence-electron chi connectivity index (χ2n) is 4.63. The van der Waals surface area contributed by atoms with Crippen LogP contribution in [0.15, 0.2) is 42.1 Å². The van der Waals surface area contributed by atoms with E-state index < -0.39 is 24.5 Å². The monoisotopic (exact) mass is 293 g/mol. The van der Waals surface area contributed by atoms with Gasteiger partial charge in [0.25, 0.3) is 0 Å². The second-order valence-corrected chi connectivity index (χ2v) is 4.63. The molecule has 21 heavy (non-hydrogen) atoms. The summed E-state index contributed by atoms with van der Waals surface area (Å²) < 4.78 is 15.1. The molecule has 0 bridgehead atoms. The first-order valence-corrected chi connectivity index (χ1v) is 6.59. The number of aliphatic hydroxyl groups excluding tert-OH is 1. The van der Waals surface area contributed by atoms with E-state index in [2.05, 4.69) is 5.32 Å². The fraction of sp³-hybridized carbons (Fsp3) is 0.400. The Morgan fingerprint density at radius 3 is 2.57 bits per heavy atom. The number of carbonyl (C=O) groups excluding carboxylic acids is 1. The van der Waals surface area contributed by atoms with E-state index in [4.69, 9.17) is 14.2 Å². The van der Waals surface area contributed by atoms with Crippen molar-refractivity contribution in [3.8, 4) is 0 Å². The lowest BCUT2D eigenvalue weighted by atomic mass is 10.1. The Bertz CT molecular complexity index is 498. The number of hydrogen-bond donors (Lipinski definition) is 2. The van der Waals surface area contributed by atoms with E-state index in [0.29, 0.717) is 12.2 Å². The zero-order valence-electron chi connectivity index (χ0n) is 12.0. The molecule has 1 aliphatic rings. The molecular weight excluding hydrogens is 274 g/mol. The first-order valence-electron chi connectivity index (χ1n) is 6.59. The van der Waals surface area contributed by atoms with Gasteiger partial charge in [-0.15, -0.1) is 0 Å². The standard InChI is InChI=1S/C15H19NO5/c1-19-15(20-2)13(18)14-11(8-12(17)21-14)16-9-10-6-4-3-5-7-10/h3-8,13-16,18H,9H2,1-2H3. The fourth-order valence-corrected chi connectivity index (χ4v) is 2.15. The highest BCUT2D eigenvalue weighted by molar-refractivity contribution is 5.85. The molecule has 0 saturated heterocycles. The van der Waals surface area contributed by atoms with E-state index in [0.717, 1.165) is 5.56 Å².